The van der Waals surface area contributed by atoms with Gasteiger partial charge in [0.25, 0.3) is 0 Å². The van der Waals surface area contributed by atoms with Gasteiger partial charge in [-0.25, -0.2) is 0 Å². The first-order valence-electron chi connectivity index (χ1n) is 4.08. The summed E-state index contributed by atoms with van der Waals surface area (Å²) < 4.78 is 4.70. The Morgan fingerprint density at radius 1 is 1.64 bits per heavy atom. The number of hydrogen-bond acceptors (Lipinski definition) is 3. The summed E-state index contributed by atoms with van der Waals surface area (Å²) in [6, 6.07) is 0.909. The topological polar surface area (TPSA) is 38.3 Å². The van der Waals surface area contributed by atoms with E-state index in [1.54, 1.807) is 0 Å². The number of nitrogens with one attached hydrogen (secondary N) is 1. The second kappa shape index (κ2) is 2.21. The first-order chi connectivity index (χ1) is 5.24. The van der Waals surface area contributed by atoms with E-state index in [1.807, 2.05) is 0 Å². The van der Waals surface area contributed by atoms with Crippen molar-refractivity contribution in [3.05, 3.63) is 0 Å². The quantitative estimate of drug-likeness (QED) is 0.548. The lowest BCUT2D eigenvalue weighted by Gasteiger charge is -2.32. The van der Waals surface area contributed by atoms with Crippen LogP contribution in [-0.2, 0) is 9.53 Å². The lowest BCUT2D eigenvalue weighted by molar-refractivity contribution is -0.150. The molecule has 62 valence electrons. The molecule has 4 atom stereocenters. The normalized spacial score (nSPS) is 46.7. The molecule has 2 saturated heterocycles. The Balaban J connectivity index is 2.05. The summed E-state index contributed by atoms with van der Waals surface area (Å²) in [5, 5.41) is 3.36. The number of rotatable bonds is 1. The van der Waals surface area contributed by atoms with Crippen molar-refractivity contribution in [2.75, 3.05) is 7.11 Å². The van der Waals surface area contributed by atoms with Gasteiger partial charge < -0.3 is 10.1 Å². The van der Waals surface area contributed by atoms with Gasteiger partial charge in [0.1, 0.15) is 0 Å². The number of ether oxygens (including phenoxy) is 1. The Labute approximate surface area is 66.1 Å². The number of methoxy groups -OCH3 is 1. The van der Waals surface area contributed by atoms with E-state index in [4.69, 9.17) is 4.74 Å². The van der Waals surface area contributed by atoms with Crippen LogP contribution in [0.4, 0.5) is 0 Å². The van der Waals surface area contributed by atoms with Crippen LogP contribution in [0.2, 0.25) is 0 Å². The molecule has 3 nitrogen and oxygen atoms in total. The highest BCUT2D eigenvalue weighted by atomic mass is 16.5. The molecule has 2 aliphatic heterocycles. The number of esters is 1. The van der Waals surface area contributed by atoms with Crippen LogP contribution in [0.5, 0.6) is 0 Å². The lowest BCUT2D eigenvalue weighted by Crippen LogP contribution is -2.42. The molecule has 1 aliphatic carbocycles. The molecule has 0 amide bonds. The van der Waals surface area contributed by atoms with Crippen molar-refractivity contribution in [2.45, 2.75) is 25.4 Å². The summed E-state index contributed by atoms with van der Waals surface area (Å²) in [6.45, 7) is 2.13. The molecule has 0 spiro atoms. The van der Waals surface area contributed by atoms with Gasteiger partial charge in [-0.2, -0.15) is 0 Å². The van der Waals surface area contributed by atoms with Crippen molar-refractivity contribution < 1.29 is 9.53 Å². The number of hydrogen-bond donors (Lipinski definition) is 1. The molecule has 2 heterocycles. The highest BCUT2D eigenvalue weighted by molar-refractivity contribution is 5.75. The summed E-state index contributed by atoms with van der Waals surface area (Å²) in [6.07, 6.45) is 1.15. The smallest absolute Gasteiger partial charge is 0.310 e. The molecule has 3 rings (SSSR count). The monoisotopic (exact) mass is 155 g/mol. The van der Waals surface area contributed by atoms with Crippen molar-refractivity contribution in [1.29, 1.82) is 0 Å². The number of carbonyl (C=O) groups excluding carboxylic acids is 1. The Bertz CT molecular complexity index is 193. The highest BCUT2D eigenvalue weighted by Crippen LogP contribution is 2.44. The Morgan fingerprint density at radius 3 is 2.73 bits per heavy atom. The molecule has 3 heteroatoms. The third-order valence-electron chi connectivity index (χ3n) is 3.01. The van der Waals surface area contributed by atoms with Crippen molar-refractivity contribution in [3.63, 3.8) is 0 Å². The SMILES string of the molecule is COC(=O)[C@H]1[C@@H]2C[C@H]1N[C@@H]2C. The van der Waals surface area contributed by atoms with Gasteiger partial charge in [0.05, 0.1) is 13.0 Å². The largest absolute Gasteiger partial charge is 0.469 e. The summed E-state index contributed by atoms with van der Waals surface area (Å²) in [5.41, 5.74) is 0. The summed E-state index contributed by atoms with van der Waals surface area (Å²) in [5.74, 6) is 0.644. The third-order valence-corrected chi connectivity index (χ3v) is 3.01. The third kappa shape index (κ3) is 0.805. The zero-order valence-corrected chi connectivity index (χ0v) is 6.83. The second-order valence-corrected chi connectivity index (χ2v) is 3.51. The van der Waals surface area contributed by atoms with E-state index in [9.17, 15) is 4.79 Å². The van der Waals surface area contributed by atoms with Crippen molar-refractivity contribution in [3.8, 4) is 0 Å². The van der Waals surface area contributed by atoms with Gasteiger partial charge in [-0.05, 0) is 19.3 Å². The fraction of sp³-hybridized carbons (Fsp3) is 0.875. The fourth-order valence-electron chi connectivity index (χ4n) is 2.31. The molecule has 11 heavy (non-hydrogen) atoms. The van der Waals surface area contributed by atoms with Crippen LogP contribution in [0, 0.1) is 11.8 Å². The molecular formula is C8H13NO2. The number of carbonyl (C=O) groups is 1. The van der Waals surface area contributed by atoms with Crippen LogP contribution in [0.3, 0.4) is 0 Å². The molecule has 1 N–H and O–H groups in total. The fourth-order valence-corrected chi connectivity index (χ4v) is 2.31. The summed E-state index contributed by atoms with van der Waals surface area (Å²) >= 11 is 0. The predicted molar refractivity (Wildman–Crippen MR) is 40.0 cm³/mol. The van der Waals surface area contributed by atoms with E-state index in [0.717, 1.165) is 6.42 Å². The van der Waals surface area contributed by atoms with Gasteiger partial charge >= 0.3 is 5.97 Å². The number of fused-ring (bicyclic) bond motifs is 1. The minimum atomic E-state index is -0.0388. The van der Waals surface area contributed by atoms with Gasteiger partial charge in [0.15, 0.2) is 0 Å². The average Bonchev–Trinajstić information content (AvgIpc) is 2.43. The molecule has 2 bridgehead atoms. The van der Waals surface area contributed by atoms with E-state index in [1.165, 1.54) is 7.11 Å². The Morgan fingerprint density at radius 2 is 2.36 bits per heavy atom. The first-order valence-corrected chi connectivity index (χ1v) is 4.08. The standard InChI is InChI=1S/C8H13NO2/c1-4-5-3-6(9-4)7(5)8(10)11-2/h4-7,9H,3H2,1-2H3/t4-,5-,6-,7+/m1/s1. The van der Waals surface area contributed by atoms with Gasteiger partial charge in [0.2, 0.25) is 0 Å². The molecular weight excluding hydrogens is 142 g/mol. The Hall–Kier alpha value is -0.570. The molecule has 0 aromatic carbocycles. The zero-order chi connectivity index (χ0) is 8.01. The molecule has 0 unspecified atom stereocenters. The average molecular weight is 155 g/mol. The van der Waals surface area contributed by atoms with Gasteiger partial charge in [-0.15, -0.1) is 0 Å². The van der Waals surface area contributed by atoms with E-state index in [2.05, 4.69) is 12.2 Å². The maximum atomic E-state index is 11.1. The van der Waals surface area contributed by atoms with Crippen molar-refractivity contribution in [1.82, 2.24) is 5.32 Å². The maximum Gasteiger partial charge on any atom is 0.310 e. The minimum absolute atomic E-state index is 0.0388. The van der Waals surface area contributed by atoms with Gasteiger partial charge in [-0.1, -0.05) is 0 Å². The molecule has 1 saturated carbocycles. The van der Waals surface area contributed by atoms with Crippen LogP contribution in [0.25, 0.3) is 0 Å². The lowest BCUT2D eigenvalue weighted by atomic mass is 9.72. The van der Waals surface area contributed by atoms with Crippen LogP contribution in [0.1, 0.15) is 13.3 Å². The molecule has 0 radical (unpaired) electrons. The first kappa shape index (κ1) is 7.10. The highest BCUT2D eigenvalue weighted by Gasteiger charge is 2.55. The van der Waals surface area contributed by atoms with Crippen LogP contribution in [0.15, 0.2) is 0 Å². The molecule has 3 fully saturated rings. The Kier molecular flexibility index (Phi) is 1.42. The van der Waals surface area contributed by atoms with Gasteiger partial charge in [0, 0.05) is 12.1 Å². The summed E-state index contributed by atoms with van der Waals surface area (Å²) in [7, 11) is 1.46. The van der Waals surface area contributed by atoms with Crippen molar-refractivity contribution in [2.24, 2.45) is 11.8 Å². The molecule has 3 aliphatic rings. The predicted octanol–water partition coefficient (Wildman–Crippen LogP) is 0.156. The maximum absolute atomic E-state index is 11.1. The van der Waals surface area contributed by atoms with Crippen molar-refractivity contribution >= 4 is 5.97 Å². The second-order valence-electron chi connectivity index (χ2n) is 3.51. The van der Waals surface area contributed by atoms with Crippen LogP contribution in [-0.4, -0.2) is 25.2 Å². The molecule has 0 aromatic heterocycles. The van der Waals surface area contributed by atoms with E-state index < -0.39 is 0 Å². The van der Waals surface area contributed by atoms with E-state index in [-0.39, 0.29) is 11.9 Å². The molecule has 0 aromatic rings. The minimum Gasteiger partial charge on any atom is -0.469 e. The zero-order valence-electron chi connectivity index (χ0n) is 6.83. The van der Waals surface area contributed by atoms with E-state index >= 15 is 0 Å². The van der Waals surface area contributed by atoms with E-state index in [0.29, 0.717) is 18.0 Å². The van der Waals surface area contributed by atoms with Crippen LogP contribution >= 0.6 is 0 Å². The van der Waals surface area contributed by atoms with Crippen LogP contribution < -0.4 is 5.32 Å². The summed E-state index contributed by atoms with van der Waals surface area (Å²) in [4.78, 5) is 11.1. The van der Waals surface area contributed by atoms with Gasteiger partial charge in [-0.3, -0.25) is 4.79 Å².